The third-order valence-electron chi connectivity index (χ3n) is 4.81. The predicted molar refractivity (Wildman–Crippen MR) is 113 cm³/mol. The highest BCUT2D eigenvalue weighted by Crippen LogP contribution is 2.18. The van der Waals surface area contributed by atoms with Gasteiger partial charge in [-0.15, -0.1) is 0 Å². The van der Waals surface area contributed by atoms with Crippen molar-refractivity contribution in [2.45, 2.75) is 26.2 Å². The van der Waals surface area contributed by atoms with Crippen LogP contribution >= 0.6 is 0 Å². The fourth-order valence-corrected chi connectivity index (χ4v) is 3.30. The summed E-state index contributed by atoms with van der Waals surface area (Å²) in [5.74, 6) is 0.389. The first-order valence-corrected chi connectivity index (χ1v) is 10.2. The van der Waals surface area contributed by atoms with Crippen LogP contribution in [0.25, 0.3) is 0 Å². The number of rotatable bonds is 8. The molecule has 0 atom stereocenters. The van der Waals surface area contributed by atoms with Gasteiger partial charge < -0.3 is 19.7 Å². The van der Waals surface area contributed by atoms with Crippen molar-refractivity contribution in [2.75, 3.05) is 38.2 Å². The Labute approximate surface area is 171 Å². The van der Waals surface area contributed by atoms with Crippen molar-refractivity contribution >= 4 is 17.5 Å². The van der Waals surface area contributed by atoms with E-state index in [4.69, 9.17) is 9.47 Å². The van der Waals surface area contributed by atoms with E-state index in [0.29, 0.717) is 42.4 Å². The molecule has 1 saturated heterocycles. The summed E-state index contributed by atoms with van der Waals surface area (Å²) >= 11 is 0. The van der Waals surface area contributed by atoms with E-state index in [9.17, 15) is 9.59 Å². The van der Waals surface area contributed by atoms with Crippen molar-refractivity contribution in [3.8, 4) is 5.75 Å². The number of anilines is 1. The van der Waals surface area contributed by atoms with E-state index in [1.807, 2.05) is 11.8 Å². The lowest BCUT2D eigenvalue weighted by molar-refractivity contribution is 0.0724. The van der Waals surface area contributed by atoms with Gasteiger partial charge in [0.2, 0.25) is 0 Å². The maximum Gasteiger partial charge on any atom is 0.255 e. The fraction of sp³-hybridized carbons (Fsp3) is 0.391. The maximum atomic E-state index is 12.7. The Balaban J connectivity index is 1.62. The molecule has 2 aromatic carbocycles. The van der Waals surface area contributed by atoms with Crippen LogP contribution in [-0.4, -0.2) is 49.6 Å². The van der Waals surface area contributed by atoms with Gasteiger partial charge in [0.1, 0.15) is 12.4 Å². The van der Waals surface area contributed by atoms with E-state index in [1.165, 1.54) is 6.42 Å². The summed E-state index contributed by atoms with van der Waals surface area (Å²) in [6.45, 7) is 5.10. The molecule has 0 saturated carbocycles. The lowest BCUT2D eigenvalue weighted by Gasteiger charge is -2.26. The smallest absolute Gasteiger partial charge is 0.255 e. The summed E-state index contributed by atoms with van der Waals surface area (Å²) in [5.41, 5.74) is 1.69. The molecule has 2 aromatic rings. The minimum absolute atomic E-state index is 0.0190. The van der Waals surface area contributed by atoms with Crippen LogP contribution in [0.5, 0.6) is 5.75 Å². The first-order valence-electron chi connectivity index (χ1n) is 10.2. The molecule has 6 heteroatoms. The van der Waals surface area contributed by atoms with Crippen LogP contribution in [0.3, 0.4) is 0 Å². The van der Waals surface area contributed by atoms with Crippen molar-refractivity contribution in [2.24, 2.45) is 0 Å². The summed E-state index contributed by atoms with van der Waals surface area (Å²) in [7, 11) is 0. The molecule has 2 amide bonds. The summed E-state index contributed by atoms with van der Waals surface area (Å²) < 4.78 is 10.9. The zero-order valence-corrected chi connectivity index (χ0v) is 16.9. The molecule has 1 fully saturated rings. The molecule has 3 rings (SSSR count). The highest BCUT2D eigenvalue weighted by Gasteiger charge is 2.18. The SMILES string of the molecule is CCOCCOc1cccc(C(=O)Nc2cccc(C(=O)N3CCCCC3)c2)c1. The van der Waals surface area contributed by atoms with Gasteiger partial charge in [0.25, 0.3) is 11.8 Å². The molecular formula is C23H28N2O4. The van der Waals surface area contributed by atoms with E-state index in [2.05, 4.69) is 5.32 Å². The Morgan fingerprint density at radius 1 is 0.966 bits per heavy atom. The van der Waals surface area contributed by atoms with Crippen LogP contribution < -0.4 is 10.1 Å². The highest BCUT2D eigenvalue weighted by molar-refractivity contribution is 6.05. The van der Waals surface area contributed by atoms with Crippen LogP contribution in [0.1, 0.15) is 46.9 Å². The van der Waals surface area contributed by atoms with Gasteiger partial charge in [-0.25, -0.2) is 0 Å². The lowest BCUT2D eigenvalue weighted by atomic mass is 10.1. The number of hydrogen-bond donors (Lipinski definition) is 1. The number of amides is 2. The number of ether oxygens (including phenoxy) is 2. The zero-order valence-electron chi connectivity index (χ0n) is 16.9. The number of likely N-dealkylation sites (tertiary alicyclic amines) is 1. The van der Waals surface area contributed by atoms with Crippen LogP contribution in [-0.2, 0) is 4.74 Å². The quantitative estimate of drug-likeness (QED) is 0.686. The largest absolute Gasteiger partial charge is 0.491 e. The normalized spacial score (nSPS) is 13.8. The number of hydrogen-bond acceptors (Lipinski definition) is 4. The minimum Gasteiger partial charge on any atom is -0.491 e. The molecule has 0 unspecified atom stereocenters. The number of piperidine rings is 1. The maximum absolute atomic E-state index is 12.7. The molecule has 1 aliphatic rings. The van der Waals surface area contributed by atoms with Crippen molar-refractivity contribution < 1.29 is 19.1 Å². The molecule has 0 radical (unpaired) electrons. The third-order valence-corrected chi connectivity index (χ3v) is 4.81. The fourth-order valence-electron chi connectivity index (χ4n) is 3.30. The van der Waals surface area contributed by atoms with Gasteiger partial charge in [-0.2, -0.15) is 0 Å². The van der Waals surface area contributed by atoms with E-state index in [-0.39, 0.29) is 11.8 Å². The Bertz CT molecular complexity index is 831. The average molecular weight is 396 g/mol. The minimum atomic E-state index is -0.247. The Kier molecular flexibility index (Phi) is 7.64. The second-order valence-electron chi connectivity index (χ2n) is 6.96. The molecule has 0 bridgehead atoms. The molecular weight excluding hydrogens is 368 g/mol. The van der Waals surface area contributed by atoms with Gasteiger partial charge in [-0.1, -0.05) is 12.1 Å². The van der Waals surface area contributed by atoms with Gasteiger partial charge in [0.05, 0.1) is 6.61 Å². The molecule has 1 N–H and O–H groups in total. The van der Waals surface area contributed by atoms with Gasteiger partial charge in [-0.3, -0.25) is 9.59 Å². The molecule has 0 aliphatic carbocycles. The summed E-state index contributed by atoms with van der Waals surface area (Å²) in [6, 6.07) is 14.1. The topological polar surface area (TPSA) is 67.9 Å². The molecule has 1 aliphatic heterocycles. The van der Waals surface area contributed by atoms with Crippen LogP contribution in [0.4, 0.5) is 5.69 Å². The van der Waals surface area contributed by atoms with Crippen LogP contribution in [0.2, 0.25) is 0 Å². The van der Waals surface area contributed by atoms with Gasteiger partial charge in [-0.05, 0) is 62.6 Å². The van der Waals surface area contributed by atoms with Crippen molar-refractivity contribution in [1.29, 1.82) is 0 Å². The molecule has 0 aromatic heterocycles. The second-order valence-corrected chi connectivity index (χ2v) is 6.96. The molecule has 0 spiro atoms. The number of nitrogens with one attached hydrogen (secondary N) is 1. The second kappa shape index (κ2) is 10.6. The highest BCUT2D eigenvalue weighted by atomic mass is 16.5. The van der Waals surface area contributed by atoms with E-state index >= 15 is 0 Å². The van der Waals surface area contributed by atoms with E-state index in [1.54, 1.807) is 48.5 Å². The zero-order chi connectivity index (χ0) is 20.5. The number of carbonyl (C=O) groups excluding carboxylic acids is 2. The number of nitrogens with zero attached hydrogens (tertiary/aromatic N) is 1. The summed E-state index contributed by atoms with van der Waals surface area (Å²) in [6.07, 6.45) is 3.27. The molecule has 29 heavy (non-hydrogen) atoms. The number of benzene rings is 2. The Morgan fingerprint density at radius 3 is 2.52 bits per heavy atom. The van der Waals surface area contributed by atoms with E-state index in [0.717, 1.165) is 25.9 Å². The van der Waals surface area contributed by atoms with Crippen molar-refractivity contribution in [3.05, 3.63) is 59.7 Å². The van der Waals surface area contributed by atoms with Crippen molar-refractivity contribution in [3.63, 3.8) is 0 Å². The van der Waals surface area contributed by atoms with Crippen LogP contribution in [0.15, 0.2) is 48.5 Å². The Hall–Kier alpha value is -2.86. The summed E-state index contributed by atoms with van der Waals surface area (Å²) in [4.78, 5) is 27.2. The van der Waals surface area contributed by atoms with Crippen LogP contribution in [0, 0.1) is 0 Å². The summed E-state index contributed by atoms with van der Waals surface area (Å²) in [5, 5.41) is 2.87. The van der Waals surface area contributed by atoms with Gasteiger partial charge in [0.15, 0.2) is 0 Å². The number of carbonyl (C=O) groups is 2. The van der Waals surface area contributed by atoms with Gasteiger partial charge in [0, 0.05) is 36.5 Å². The van der Waals surface area contributed by atoms with Gasteiger partial charge >= 0.3 is 0 Å². The first-order chi connectivity index (χ1) is 14.2. The standard InChI is InChI=1S/C23H28N2O4/c1-2-28-14-15-29-21-11-7-8-18(17-21)22(26)24-20-10-6-9-19(16-20)23(27)25-12-4-3-5-13-25/h6-11,16-17H,2-5,12-15H2,1H3,(H,24,26). The van der Waals surface area contributed by atoms with Crippen molar-refractivity contribution in [1.82, 2.24) is 4.90 Å². The lowest BCUT2D eigenvalue weighted by Crippen LogP contribution is -2.35. The molecule has 1 heterocycles. The predicted octanol–water partition coefficient (Wildman–Crippen LogP) is 3.98. The molecule has 6 nitrogen and oxygen atoms in total. The van der Waals surface area contributed by atoms with E-state index < -0.39 is 0 Å². The monoisotopic (exact) mass is 396 g/mol. The first kappa shape index (κ1) is 20.9. The Morgan fingerprint density at radius 2 is 1.72 bits per heavy atom. The molecule has 154 valence electrons. The average Bonchev–Trinajstić information content (AvgIpc) is 2.77. The third kappa shape index (κ3) is 6.06.